The van der Waals surface area contributed by atoms with E-state index >= 15 is 0 Å². The van der Waals surface area contributed by atoms with E-state index in [1.165, 1.54) is 25.3 Å². The van der Waals surface area contributed by atoms with Crippen molar-refractivity contribution in [1.29, 1.82) is 0 Å². The van der Waals surface area contributed by atoms with Gasteiger partial charge in [-0.3, -0.25) is 19.7 Å². The summed E-state index contributed by atoms with van der Waals surface area (Å²) in [5.41, 5.74) is -0.0217. The van der Waals surface area contributed by atoms with Crippen molar-refractivity contribution in [3.05, 3.63) is 33.9 Å². The van der Waals surface area contributed by atoms with Crippen molar-refractivity contribution in [2.24, 2.45) is 5.92 Å². The second kappa shape index (κ2) is 5.79. The lowest BCUT2D eigenvalue weighted by Gasteiger charge is -2.20. The summed E-state index contributed by atoms with van der Waals surface area (Å²) >= 11 is 0. The molecule has 20 heavy (non-hydrogen) atoms. The first-order valence-electron chi connectivity index (χ1n) is 6.01. The van der Waals surface area contributed by atoms with Gasteiger partial charge in [-0.2, -0.15) is 0 Å². The zero-order chi connectivity index (χ0) is 14.7. The van der Waals surface area contributed by atoms with E-state index < -0.39 is 16.6 Å². The highest BCUT2D eigenvalue weighted by atomic mass is 16.6. The molecule has 0 aliphatic carbocycles. The largest absolute Gasteiger partial charge is 0.496 e. The Balaban J connectivity index is 2.34. The van der Waals surface area contributed by atoms with Crippen molar-refractivity contribution in [2.45, 2.75) is 6.42 Å². The maximum absolute atomic E-state index is 12.3. The molecule has 1 fully saturated rings. The highest BCUT2D eigenvalue weighted by Crippen LogP contribution is 2.28. The van der Waals surface area contributed by atoms with Crippen LogP contribution in [0.15, 0.2) is 18.2 Å². The number of rotatable bonds is 4. The molecule has 1 heterocycles. The molecule has 106 valence electrons. The molecule has 7 nitrogen and oxygen atoms in total. The van der Waals surface area contributed by atoms with Gasteiger partial charge in [-0.05, 0) is 6.07 Å². The van der Waals surface area contributed by atoms with Crippen molar-refractivity contribution >= 4 is 17.3 Å². The van der Waals surface area contributed by atoms with Gasteiger partial charge in [-0.15, -0.1) is 0 Å². The van der Waals surface area contributed by atoms with Gasteiger partial charge in [0.05, 0.1) is 36.9 Å². The molecule has 1 aliphatic heterocycles. The van der Waals surface area contributed by atoms with Crippen LogP contribution in [0.5, 0.6) is 5.75 Å². The van der Waals surface area contributed by atoms with Crippen molar-refractivity contribution in [3.63, 3.8) is 0 Å². The Kier molecular flexibility index (Phi) is 4.09. The highest BCUT2D eigenvalue weighted by Gasteiger charge is 2.32. The molecule has 0 aromatic heterocycles. The molecule has 1 aromatic rings. The van der Waals surface area contributed by atoms with Crippen molar-refractivity contribution in [1.82, 2.24) is 0 Å². The van der Waals surface area contributed by atoms with Crippen LogP contribution in [-0.4, -0.2) is 36.8 Å². The first kappa shape index (κ1) is 14.1. The second-order valence-corrected chi connectivity index (χ2v) is 4.35. The Bertz CT molecular complexity index is 568. The van der Waals surface area contributed by atoms with Gasteiger partial charge in [-0.25, -0.2) is 0 Å². The SMILES string of the molecule is COc1cc([N+](=O)[O-])ccc1C(=O)C1COCCC1=O. The van der Waals surface area contributed by atoms with E-state index in [1.54, 1.807) is 0 Å². The zero-order valence-electron chi connectivity index (χ0n) is 10.8. The molecule has 7 heteroatoms. The minimum Gasteiger partial charge on any atom is -0.496 e. The molecular formula is C13H13NO6. The number of hydrogen-bond donors (Lipinski definition) is 0. The van der Waals surface area contributed by atoms with Crippen molar-refractivity contribution in [2.75, 3.05) is 20.3 Å². The van der Waals surface area contributed by atoms with Gasteiger partial charge in [0.25, 0.3) is 5.69 Å². The van der Waals surface area contributed by atoms with Gasteiger partial charge in [0, 0.05) is 12.5 Å². The molecule has 0 N–H and O–H groups in total. The van der Waals surface area contributed by atoms with Gasteiger partial charge in [-0.1, -0.05) is 0 Å². The van der Waals surface area contributed by atoms with Crippen LogP contribution >= 0.6 is 0 Å². The second-order valence-electron chi connectivity index (χ2n) is 4.35. The average molecular weight is 279 g/mol. The monoisotopic (exact) mass is 279 g/mol. The van der Waals surface area contributed by atoms with Crippen LogP contribution in [0.4, 0.5) is 5.69 Å². The smallest absolute Gasteiger partial charge is 0.273 e. The average Bonchev–Trinajstić information content (AvgIpc) is 2.46. The predicted octanol–water partition coefficient (Wildman–Crippen LogP) is 1.39. The Morgan fingerprint density at radius 1 is 1.50 bits per heavy atom. The number of carbonyl (C=O) groups excluding carboxylic acids is 2. The molecule has 1 saturated heterocycles. The van der Waals surface area contributed by atoms with Crippen LogP contribution < -0.4 is 4.74 Å². The Morgan fingerprint density at radius 2 is 2.25 bits per heavy atom. The first-order valence-corrected chi connectivity index (χ1v) is 6.01. The van der Waals surface area contributed by atoms with Gasteiger partial charge >= 0.3 is 0 Å². The van der Waals surface area contributed by atoms with Crippen LogP contribution in [0.1, 0.15) is 16.8 Å². The third-order valence-electron chi connectivity index (χ3n) is 3.14. The Morgan fingerprint density at radius 3 is 2.85 bits per heavy atom. The standard InChI is InChI=1S/C13H13NO6/c1-19-12-6-8(14(17)18)2-3-9(12)13(16)10-7-20-5-4-11(10)15/h2-3,6,10H,4-5,7H2,1H3. The summed E-state index contributed by atoms with van der Waals surface area (Å²) in [6.45, 7) is 0.359. The molecule has 1 unspecified atom stereocenters. The van der Waals surface area contributed by atoms with Gasteiger partial charge in [0.1, 0.15) is 17.5 Å². The van der Waals surface area contributed by atoms with E-state index in [4.69, 9.17) is 9.47 Å². The summed E-state index contributed by atoms with van der Waals surface area (Å²) in [6.07, 6.45) is 0.200. The topological polar surface area (TPSA) is 95.7 Å². The summed E-state index contributed by atoms with van der Waals surface area (Å²) in [6, 6.07) is 3.69. The molecule has 0 amide bonds. The molecule has 0 saturated carbocycles. The normalized spacial score (nSPS) is 18.6. The number of carbonyl (C=O) groups is 2. The van der Waals surface area contributed by atoms with E-state index in [-0.39, 0.29) is 35.8 Å². The lowest BCUT2D eigenvalue weighted by Crippen LogP contribution is -2.34. The first-order chi connectivity index (χ1) is 9.54. The van der Waals surface area contributed by atoms with Gasteiger partial charge < -0.3 is 9.47 Å². The Labute approximate surface area is 114 Å². The number of Topliss-reactive ketones (excluding diaryl/α,β-unsaturated/α-hetero) is 2. The van der Waals surface area contributed by atoms with Gasteiger partial charge in [0.2, 0.25) is 0 Å². The fourth-order valence-corrected chi connectivity index (χ4v) is 2.05. The maximum Gasteiger partial charge on any atom is 0.273 e. The van der Waals surface area contributed by atoms with E-state index in [2.05, 4.69) is 0 Å². The summed E-state index contributed by atoms with van der Waals surface area (Å²) in [4.78, 5) is 34.2. The molecule has 1 atom stereocenters. The van der Waals surface area contributed by atoms with Crippen LogP contribution in [0.25, 0.3) is 0 Å². The number of ketones is 2. The quantitative estimate of drug-likeness (QED) is 0.357. The van der Waals surface area contributed by atoms with E-state index in [1.807, 2.05) is 0 Å². The van der Waals surface area contributed by atoms with Crippen LogP contribution in [-0.2, 0) is 9.53 Å². The van der Waals surface area contributed by atoms with E-state index in [0.29, 0.717) is 6.61 Å². The molecule has 1 aromatic carbocycles. The number of methoxy groups -OCH3 is 1. The number of benzene rings is 1. The fourth-order valence-electron chi connectivity index (χ4n) is 2.05. The highest BCUT2D eigenvalue weighted by molar-refractivity contribution is 6.12. The number of nitro groups is 1. The third-order valence-corrected chi connectivity index (χ3v) is 3.14. The maximum atomic E-state index is 12.3. The summed E-state index contributed by atoms with van der Waals surface area (Å²) < 4.78 is 10.1. The fraction of sp³-hybridized carbons (Fsp3) is 0.385. The van der Waals surface area contributed by atoms with Crippen molar-refractivity contribution in [3.8, 4) is 5.75 Å². The third kappa shape index (κ3) is 2.67. The predicted molar refractivity (Wildman–Crippen MR) is 67.9 cm³/mol. The molecule has 0 spiro atoms. The van der Waals surface area contributed by atoms with E-state index in [9.17, 15) is 19.7 Å². The number of ether oxygens (including phenoxy) is 2. The van der Waals surface area contributed by atoms with Crippen LogP contribution in [0.3, 0.4) is 0 Å². The molecule has 2 rings (SSSR count). The molecule has 1 aliphatic rings. The number of nitro benzene ring substituents is 1. The van der Waals surface area contributed by atoms with E-state index in [0.717, 1.165) is 0 Å². The number of nitrogens with zero attached hydrogens (tertiary/aromatic N) is 1. The lowest BCUT2D eigenvalue weighted by molar-refractivity contribution is -0.384. The Hall–Kier alpha value is -2.28. The van der Waals surface area contributed by atoms with Crippen LogP contribution in [0.2, 0.25) is 0 Å². The lowest BCUT2D eigenvalue weighted by atomic mass is 9.91. The summed E-state index contributed by atoms with van der Waals surface area (Å²) in [5.74, 6) is -1.38. The van der Waals surface area contributed by atoms with Crippen molar-refractivity contribution < 1.29 is 24.0 Å². The summed E-state index contributed by atoms with van der Waals surface area (Å²) in [5, 5.41) is 10.7. The molecular weight excluding hydrogens is 266 g/mol. The van der Waals surface area contributed by atoms with Crippen LogP contribution in [0, 0.1) is 16.0 Å². The number of non-ortho nitro benzene ring substituents is 1. The minimum absolute atomic E-state index is 0.0395. The molecule has 0 radical (unpaired) electrons. The number of hydrogen-bond acceptors (Lipinski definition) is 6. The summed E-state index contributed by atoms with van der Waals surface area (Å²) in [7, 11) is 1.31. The van der Waals surface area contributed by atoms with Gasteiger partial charge in [0.15, 0.2) is 5.78 Å². The zero-order valence-corrected chi connectivity index (χ0v) is 10.8. The minimum atomic E-state index is -0.862. The molecule has 0 bridgehead atoms.